The molecule has 1 heterocycles. The summed E-state index contributed by atoms with van der Waals surface area (Å²) in [6.07, 6.45) is 5.72. The molecule has 1 rings (SSSR count). The van der Waals surface area contributed by atoms with Gasteiger partial charge in [-0.05, 0) is 24.5 Å². The number of halogens is 1. The van der Waals surface area contributed by atoms with Crippen LogP contribution in [0.1, 0.15) is 18.4 Å². The molecule has 0 saturated carbocycles. The first-order valence-corrected chi connectivity index (χ1v) is 6.30. The van der Waals surface area contributed by atoms with Gasteiger partial charge in [-0.15, -0.1) is 6.58 Å². The Hall–Kier alpha value is -1.16. The third-order valence-corrected chi connectivity index (χ3v) is 2.57. The summed E-state index contributed by atoms with van der Waals surface area (Å²) in [6.45, 7) is 3.66. The first-order valence-electron chi connectivity index (χ1n) is 5.18. The molecule has 1 amide bonds. The summed E-state index contributed by atoms with van der Waals surface area (Å²) < 4.78 is 0. The van der Waals surface area contributed by atoms with Crippen LogP contribution in [0.4, 0.5) is 5.82 Å². The van der Waals surface area contributed by atoms with Gasteiger partial charge in [-0.25, -0.2) is 4.98 Å². The van der Waals surface area contributed by atoms with Gasteiger partial charge in [0.2, 0.25) is 5.91 Å². The summed E-state index contributed by atoms with van der Waals surface area (Å²) in [7, 11) is 0. The SMILES string of the molecule is C=CCc1ccc(NC(=O)CCCBr)nc1. The number of aromatic nitrogens is 1. The van der Waals surface area contributed by atoms with E-state index in [4.69, 9.17) is 0 Å². The summed E-state index contributed by atoms with van der Waals surface area (Å²) in [6, 6.07) is 3.75. The number of nitrogens with zero attached hydrogens (tertiary/aromatic N) is 1. The Morgan fingerprint density at radius 3 is 2.94 bits per heavy atom. The van der Waals surface area contributed by atoms with Crippen LogP contribution in [0, 0.1) is 0 Å². The van der Waals surface area contributed by atoms with E-state index in [0.717, 1.165) is 23.7 Å². The van der Waals surface area contributed by atoms with Crippen LogP contribution in [0.25, 0.3) is 0 Å². The lowest BCUT2D eigenvalue weighted by Gasteiger charge is -2.04. The van der Waals surface area contributed by atoms with E-state index in [9.17, 15) is 4.79 Å². The number of allylic oxidation sites excluding steroid dienone is 1. The van der Waals surface area contributed by atoms with E-state index in [1.165, 1.54) is 0 Å². The monoisotopic (exact) mass is 282 g/mol. The van der Waals surface area contributed by atoms with Gasteiger partial charge in [0.1, 0.15) is 5.82 Å². The number of anilines is 1. The van der Waals surface area contributed by atoms with E-state index in [1.807, 2.05) is 18.2 Å². The number of pyridine rings is 1. The van der Waals surface area contributed by atoms with Crippen molar-refractivity contribution in [3.8, 4) is 0 Å². The Kier molecular flexibility index (Phi) is 5.78. The number of hydrogen-bond donors (Lipinski definition) is 1. The maximum absolute atomic E-state index is 11.4. The largest absolute Gasteiger partial charge is 0.311 e. The van der Waals surface area contributed by atoms with Crippen molar-refractivity contribution in [1.29, 1.82) is 0 Å². The highest BCUT2D eigenvalue weighted by molar-refractivity contribution is 9.09. The highest BCUT2D eigenvalue weighted by atomic mass is 79.9. The van der Waals surface area contributed by atoms with Crippen LogP contribution in [0.3, 0.4) is 0 Å². The van der Waals surface area contributed by atoms with Gasteiger partial charge in [0.25, 0.3) is 0 Å². The van der Waals surface area contributed by atoms with Crippen molar-refractivity contribution in [1.82, 2.24) is 4.98 Å². The average molecular weight is 283 g/mol. The van der Waals surface area contributed by atoms with Gasteiger partial charge < -0.3 is 5.32 Å². The zero-order valence-electron chi connectivity index (χ0n) is 9.08. The van der Waals surface area contributed by atoms with Crippen molar-refractivity contribution >= 4 is 27.7 Å². The van der Waals surface area contributed by atoms with Crippen LogP contribution < -0.4 is 5.32 Å². The fourth-order valence-electron chi connectivity index (χ4n) is 1.22. The average Bonchev–Trinajstić information content (AvgIpc) is 2.29. The molecule has 0 aliphatic carbocycles. The molecule has 0 aliphatic heterocycles. The molecular weight excluding hydrogens is 268 g/mol. The third-order valence-electron chi connectivity index (χ3n) is 2.01. The molecule has 86 valence electrons. The zero-order valence-corrected chi connectivity index (χ0v) is 10.7. The minimum absolute atomic E-state index is 0.00317. The van der Waals surface area contributed by atoms with Gasteiger partial charge in [-0.3, -0.25) is 4.79 Å². The predicted octanol–water partition coefficient (Wildman–Crippen LogP) is 2.92. The molecule has 1 N–H and O–H groups in total. The Morgan fingerprint density at radius 1 is 1.56 bits per heavy atom. The van der Waals surface area contributed by atoms with Crippen molar-refractivity contribution in [3.63, 3.8) is 0 Å². The summed E-state index contributed by atoms with van der Waals surface area (Å²) in [4.78, 5) is 15.5. The minimum Gasteiger partial charge on any atom is -0.311 e. The molecule has 0 bridgehead atoms. The normalized spacial score (nSPS) is 9.81. The second-order valence-corrected chi connectivity index (χ2v) is 4.18. The minimum atomic E-state index is 0.00317. The van der Waals surface area contributed by atoms with Gasteiger partial charge in [-0.2, -0.15) is 0 Å². The van der Waals surface area contributed by atoms with Crippen LogP contribution in [-0.4, -0.2) is 16.2 Å². The van der Waals surface area contributed by atoms with E-state index in [1.54, 1.807) is 6.20 Å². The molecule has 16 heavy (non-hydrogen) atoms. The van der Waals surface area contributed by atoms with Gasteiger partial charge in [0, 0.05) is 17.9 Å². The number of rotatable bonds is 6. The van der Waals surface area contributed by atoms with Crippen LogP contribution in [0.15, 0.2) is 31.0 Å². The molecule has 0 saturated heterocycles. The Bertz CT molecular complexity index is 349. The molecule has 0 fully saturated rings. The molecule has 3 nitrogen and oxygen atoms in total. The van der Waals surface area contributed by atoms with Gasteiger partial charge in [-0.1, -0.05) is 28.1 Å². The highest BCUT2D eigenvalue weighted by Gasteiger charge is 2.02. The third kappa shape index (κ3) is 4.57. The zero-order chi connectivity index (χ0) is 11.8. The molecule has 0 unspecified atom stereocenters. The van der Waals surface area contributed by atoms with Gasteiger partial charge in [0.15, 0.2) is 0 Å². The lowest BCUT2D eigenvalue weighted by atomic mass is 10.2. The number of nitrogens with one attached hydrogen (secondary N) is 1. The van der Waals surface area contributed by atoms with Crippen molar-refractivity contribution in [2.75, 3.05) is 10.6 Å². The summed E-state index contributed by atoms with van der Waals surface area (Å²) in [5.74, 6) is 0.607. The number of carbonyl (C=O) groups is 1. The van der Waals surface area contributed by atoms with Crippen molar-refractivity contribution in [2.45, 2.75) is 19.3 Å². The molecule has 0 aliphatic rings. The Labute approximate surface area is 104 Å². The molecule has 0 atom stereocenters. The summed E-state index contributed by atoms with van der Waals surface area (Å²) >= 11 is 3.29. The first-order chi connectivity index (χ1) is 7.76. The van der Waals surface area contributed by atoms with Gasteiger partial charge >= 0.3 is 0 Å². The van der Waals surface area contributed by atoms with E-state index in [-0.39, 0.29) is 5.91 Å². The maximum Gasteiger partial charge on any atom is 0.225 e. The fraction of sp³-hybridized carbons (Fsp3) is 0.333. The molecule has 4 heteroatoms. The quantitative estimate of drug-likeness (QED) is 0.644. The second kappa shape index (κ2) is 7.17. The number of alkyl halides is 1. The first kappa shape index (κ1) is 12.9. The Balaban J connectivity index is 2.48. The Morgan fingerprint density at radius 2 is 2.38 bits per heavy atom. The lowest BCUT2D eigenvalue weighted by Crippen LogP contribution is -2.12. The standard InChI is InChI=1S/C12H15BrN2O/c1-2-4-10-6-7-11(14-9-10)15-12(16)5-3-8-13/h2,6-7,9H,1,3-5,8H2,(H,14,15,16). The van der Waals surface area contributed by atoms with Crippen LogP contribution in [-0.2, 0) is 11.2 Å². The molecule has 0 radical (unpaired) electrons. The molecule has 1 aromatic rings. The van der Waals surface area contributed by atoms with Crippen molar-refractivity contribution < 1.29 is 4.79 Å². The van der Waals surface area contributed by atoms with Gasteiger partial charge in [0.05, 0.1) is 0 Å². The topological polar surface area (TPSA) is 42.0 Å². The number of hydrogen-bond acceptors (Lipinski definition) is 2. The van der Waals surface area contributed by atoms with E-state index in [0.29, 0.717) is 12.2 Å². The van der Waals surface area contributed by atoms with Crippen molar-refractivity contribution in [3.05, 3.63) is 36.5 Å². The van der Waals surface area contributed by atoms with Crippen LogP contribution >= 0.6 is 15.9 Å². The van der Waals surface area contributed by atoms with Crippen LogP contribution in [0.2, 0.25) is 0 Å². The van der Waals surface area contributed by atoms with Crippen molar-refractivity contribution in [2.24, 2.45) is 0 Å². The molecule has 1 aromatic heterocycles. The second-order valence-electron chi connectivity index (χ2n) is 3.39. The molecular formula is C12H15BrN2O. The van der Waals surface area contributed by atoms with E-state index < -0.39 is 0 Å². The summed E-state index contributed by atoms with van der Waals surface area (Å²) in [5, 5.41) is 3.59. The van der Waals surface area contributed by atoms with E-state index in [2.05, 4.69) is 32.8 Å². The van der Waals surface area contributed by atoms with E-state index >= 15 is 0 Å². The lowest BCUT2D eigenvalue weighted by molar-refractivity contribution is -0.116. The number of amides is 1. The fourth-order valence-corrected chi connectivity index (χ4v) is 1.50. The number of carbonyl (C=O) groups excluding carboxylic acids is 1. The highest BCUT2D eigenvalue weighted by Crippen LogP contribution is 2.07. The predicted molar refractivity (Wildman–Crippen MR) is 69.8 cm³/mol. The smallest absolute Gasteiger partial charge is 0.225 e. The summed E-state index contributed by atoms with van der Waals surface area (Å²) in [5.41, 5.74) is 1.09. The maximum atomic E-state index is 11.4. The van der Waals surface area contributed by atoms with Crippen LogP contribution in [0.5, 0.6) is 0 Å². The molecule has 0 spiro atoms. The molecule has 0 aromatic carbocycles.